The first kappa shape index (κ1) is 19.8. The molecule has 8 nitrogen and oxygen atoms in total. The van der Waals surface area contributed by atoms with Crippen molar-refractivity contribution in [3.63, 3.8) is 0 Å². The summed E-state index contributed by atoms with van der Waals surface area (Å²) in [5, 5.41) is 31.1. The van der Waals surface area contributed by atoms with E-state index >= 15 is 0 Å². The molecule has 3 aliphatic heterocycles. The van der Waals surface area contributed by atoms with Gasteiger partial charge in [0.15, 0.2) is 0 Å². The van der Waals surface area contributed by atoms with Crippen molar-refractivity contribution >= 4 is 35.4 Å². The van der Waals surface area contributed by atoms with Crippen LogP contribution in [-0.4, -0.2) is 62.8 Å². The van der Waals surface area contributed by atoms with Crippen LogP contribution < -0.4 is 10.2 Å². The number of H-pyrrole nitrogens is 1. The molecule has 0 saturated carbocycles. The molecule has 5 rings (SSSR count). The molecule has 0 aromatic carbocycles. The van der Waals surface area contributed by atoms with E-state index in [1.165, 1.54) is 6.21 Å². The molecule has 0 aliphatic carbocycles. The van der Waals surface area contributed by atoms with E-state index in [2.05, 4.69) is 27.3 Å². The molecule has 2 aromatic rings. The first-order valence-electron chi connectivity index (χ1n) is 10.6. The minimum Gasteiger partial charge on any atom is -0.385 e. The molecule has 9 heteroatoms. The Morgan fingerprint density at radius 3 is 2.87 bits per heavy atom. The monoisotopic (exact) mass is 428 g/mol. The topological polar surface area (TPSA) is 110 Å². The molecule has 3 fully saturated rings. The number of aromatic nitrogens is 3. The van der Waals surface area contributed by atoms with E-state index in [0.717, 1.165) is 43.6 Å². The lowest BCUT2D eigenvalue weighted by molar-refractivity contribution is 0.0195. The van der Waals surface area contributed by atoms with Gasteiger partial charge < -0.3 is 25.5 Å². The molecule has 30 heavy (non-hydrogen) atoms. The van der Waals surface area contributed by atoms with Gasteiger partial charge in [0.1, 0.15) is 17.5 Å². The summed E-state index contributed by atoms with van der Waals surface area (Å²) in [4.78, 5) is 7.11. The molecule has 160 valence electrons. The first-order valence-corrected chi connectivity index (χ1v) is 11.5. The molecule has 4 N–H and O–H groups in total. The molecular formula is C21H28N6O2S. The maximum atomic E-state index is 11.8. The van der Waals surface area contributed by atoms with Gasteiger partial charge in [-0.2, -0.15) is 16.9 Å². The Hall–Kier alpha value is -2.10. The fourth-order valence-electron chi connectivity index (χ4n) is 4.97. The number of nitrogens with zero attached hydrogens (tertiary/aromatic N) is 3. The number of thioether (sulfide) groups is 1. The van der Waals surface area contributed by atoms with Gasteiger partial charge in [0.05, 0.1) is 31.1 Å². The standard InChI is InChI=1S/C21H28N6O2S/c1-13-12-29-7-6-27(13)19-8-17(21(28)9-14-2-3-15(10-21)30-14)16(11-22)20(25-19)24-18-4-5-23-26-18/h4-5,8,11,13-15,22,28H,2-3,6-7,9-10,12H2,1H3,(H2,23,24,25,26). The highest BCUT2D eigenvalue weighted by molar-refractivity contribution is 8.00. The lowest BCUT2D eigenvalue weighted by Gasteiger charge is -2.39. The van der Waals surface area contributed by atoms with Gasteiger partial charge in [0, 0.05) is 34.9 Å². The lowest BCUT2D eigenvalue weighted by atomic mass is 9.83. The minimum atomic E-state index is -0.943. The summed E-state index contributed by atoms with van der Waals surface area (Å²) < 4.78 is 5.61. The van der Waals surface area contributed by atoms with E-state index in [4.69, 9.17) is 15.1 Å². The number of morpholine rings is 1. The van der Waals surface area contributed by atoms with Gasteiger partial charge in [-0.05, 0) is 44.2 Å². The summed E-state index contributed by atoms with van der Waals surface area (Å²) in [6.07, 6.45) is 6.76. The minimum absolute atomic E-state index is 0.192. The Balaban J connectivity index is 1.62. The summed E-state index contributed by atoms with van der Waals surface area (Å²) in [6.45, 7) is 4.18. The zero-order valence-electron chi connectivity index (χ0n) is 17.1. The van der Waals surface area contributed by atoms with Crippen LogP contribution in [0.4, 0.5) is 17.5 Å². The van der Waals surface area contributed by atoms with E-state index < -0.39 is 5.60 Å². The maximum absolute atomic E-state index is 11.8. The van der Waals surface area contributed by atoms with Gasteiger partial charge in [-0.1, -0.05) is 0 Å². The molecule has 2 bridgehead atoms. The molecule has 3 saturated heterocycles. The van der Waals surface area contributed by atoms with Gasteiger partial charge in [-0.15, -0.1) is 0 Å². The average Bonchev–Trinajstić information content (AvgIpc) is 3.37. The van der Waals surface area contributed by atoms with Crippen LogP contribution in [0, 0.1) is 5.41 Å². The number of aliphatic hydroxyl groups is 1. The number of hydrogen-bond donors (Lipinski definition) is 4. The average molecular weight is 429 g/mol. The SMILES string of the molecule is CC1COCCN1c1cc(C2(O)CC3CCC(C2)S3)c(C=N)c(Nc2ccn[nH]2)n1. The highest BCUT2D eigenvalue weighted by Gasteiger charge is 2.46. The molecular weight excluding hydrogens is 400 g/mol. The van der Waals surface area contributed by atoms with E-state index in [-0.39, 0.29) is 6.04 Å². The fourth-order valence-corrected chi connectivity index (χ4v) is 6.81. The van der Waals surface area contributed by atoms with E-state index in [1.54, 1.807) is 6.20 Å². The number of hydrogen-bond acceptors (Lipinski definition) is 8. The summed E-state index contributed by atoms with van der Waals surface area (Å²) >= 11 is 2.01. The number of ether oxygens (including phenoxy) is 1. The maximum Gasteiger partial charge on any atom is 0.143 e. The van der Waals surface area contributed by atoms with Crippen LogP contribution in [0.1, 0.15) is 43.7 Å². The third-order valence-corrected chi connectivity index (χ3v) is 8.01. The molecule has 0 amide bonds. The first-order chi connectivity index (χ1) is 14.6. The van der Waals surface area contributed by atoms with Crippen molar-refractivity contribution in [2.75, 3.05) is 30.0 Å². The van der Waals surface area contributed by atoms with Crippen molar-refractivity contribution in [2.24, 2.45) is 0 Å². The van der Waals surface area contributed by atoms with E-state index in [9.17, 15) is 5.11 Å². The zero-order valence-corrected chi connectivity index (χ0v) is 17.9. The van der Waals surface area contributed by atoms with E-state index in [0.29, 0.717) is 40.9 Å². The van der Waals surface area contributed by atoms with Crippen LogP contribution in [0.25, 0.3) is 0 Å². The van der Waals surface area contributed by atoms with Gasteiger partial charge in [0.2, 0.25) is 0 Å². The Kier molecular flexibility index (Phi) is 5.20. The third-order valence-electron chi connectivity index (χ3n) is 6.43. The van der Waals surface area contributed by atoms with Crippen molar-refractivity contribution in [2.45, 2.75) is 54.7 Å². The molecule has 5 heterocycles. The number of anilines is 3. The Morgan fingerprint density at radius 1 is 1.40 bits per heavy atom. The van der Waals surface area contributed by atoms with Crippen LogP contribution in [0.2, 0.25) is 0 Å². The van der Waals surface area contributed by atoms with Crippen LogP contribution in [0.3, 0.4) is 0 Å². The molecule has 0 spiro atoms. The van der Waals surface area contributed by atoms with Gasteiger partial charge >= 0.3 is 0 Å². The largest absolute Gasteiger partial charge is 0.385 e. The predicted molar refractivity (Wildman–Crippen MR) is 119 cm³/mol. The van der Waals surface area contributed by atoms with Gasteiger partial charge in [0.25, 0.3) is 0 Å². The Labute approximate surface area is 180 Å². The Bertz CT molecular complexity index is 908. The summed E-state index contributed by atoms with van der Waals surface area (Å²) in [5.74, 6) is 2.09. The normalized spacial score (nSPS) is 31.0. The lowest BCUT2D eigenvalue weighted by Crippen LogP contribution is -2.44. The number of fused-ring (bicyclic) bond motifs is 2. The highest BCUT2D eigenvalue weighted by Crippen LogP contribution is 2.52. The van der Waals surface area contributed by atoms with Crippen LogP contribution >= 0.6 is 11.8 Å². The number of aromatic amines is 1. The van der Waals surface area contributed by atoms with Crippen molar-refractivity contribution in [3.8, 4) is 0 Å². The molecule has 2 aromatic heterocycles. The molecule has 3 unspecified atom stereocenters. The van der Waals surface area contributed by atoms with Crippen LogP contribution in [0.5, 0.6) is 0 Å². The highest BCUT2D eigenvalue weighted by atomic mass is 32.2. The van der Waals surface area contributed by atoms with Crippen molar-refractivity contribution in [3.05, 3.63) is 29.5 Å². The second-order valence-corrected chi connectivity index (χ2v) is 10.2. The summed E-state index contributed by atoms with van der Waals surface area (Å²) in [5.41, 5.74) is 0.505. The Morgan fingerprint density at radius 2 is 2.20 bits per heavy atom. The fraction of sp³-hybridized carbons (Fsp3) is 0.571. The number of rotatable bonds is 5. The second-order valence-electron chi connectivity index (χ2n) is 8.54. The quantitative estimate of drug-likeness (QED) is 0.542. The van der Waals surface area contributed by atoms with Crippen LogP contribution in [0.15, 0.2) is 18.3 Å². The van der Waals surface area contributed by atoms with Crippen molar-refractivity contribution in [1.29, 1.82) is 5.41 Å². The van der Waals surface area contributed by atoms with Crippen molar-refractivity contribution in [1.82, 2.24) is 15.2 Å². The number of nitrogens with one attached hydrogen (secondary N) is 3. The molecule has 0 radical (unpaired) electrons. The smallest absolute Gasteiger partial charge is 0.143 e. The summed E-state index contributed by atoms with van der Waals surface area (Å²) in [6, 6.07) is 4.03. The van der Waals surface area contributed by atoms with Gasteiger partial charge in [-0.3, -0.25) is 5.10 Å². The third kappa shape index (κ3) is 3.59. The summed E-state index contributed by atoms with van der Waals surface area (Å²) in [7, 11) is 0. The van der Waals surface area contributed by atoms with E-state index in [1.807, 2.05) is 23.9 Å². The molecule has 3 atom stereocenters. The van der Waals surface area contributed by atoms with Crippen LogP contribution in [-0.2, 0) is 10.3 Å². The van der Waals surface area contributed by atoms with Gasteiger partial charge in [-0.25, -0.2) is 4.98 Å². The number of pyridine rings is 1. The zero-order chi connectivity index (χ0) is 20.7. The predicted octanol–water partition coefficient (Wildman–Crippen LogP) is 3.02. The second kappa shape index (κ2) is 7.86. The molecule has 3 aliphatic rings. The van der Waals surface area contributed by atoms with Crippen molar-refractivity contribution < 1.29 is 9.84 Å².